The van der Waals surface area contributed by atoms with Gasteiger partial charge in [0.25, 0.3) is 5.91 Å². The highest BCUT2D eigenvalue weighted by Gasteiger charge is 2.32. The van der Waals surface area contributed by atoms with E-state index in [-0.39, 0.29) is 12.0 Å². The molecule has 8 nitrogen and oxygen atoms in total. The Kier molecular flexibility index (Phi) is 7.47. The van der Waals surface area contributed by atoms with Crippen LogP contribution in [0, 0.1) is 5.92 Å². The molecule has 0 unspecified atom stereocenters. The van der Waals surface area contributed by atoms with E-state index in [1.54, 1.807) is 36.3 Å². The van der Waals surface area contributed by atoms with Gasteiger partial charge in [0.05, 0.1) is 13.0 Å². The Morgan fingerprint density at radius 1 is 1.10 bits per heavy atom. The van der Waals surface area contributed by atoms with Gasteiger partial charge in [0.2, 0.25) is 0 Å². The Morgan fingerprint density at radius 3 is 2.21 bits per heavy atom. The van der Waals surface area contributed by atoms with Crippen LogP contribution in [0.3, 0.4) is 0 Å². The van der Waals surface area contributed by atoms with Gasteiger partial charge in [0, 0.05) is 18.8 Å². The smallest absolute Gasteiger partial charge is 0.410 e. The molecule has 8 heteroatoms. The van der Waals surface area contributed by atoms with Gasteiger partial charge in [-0.2, -0.15) is 0 Å². The van der Waals surface area contributed by atoms with E-state index in [0.717, 1.165) is 0 Å². The van der Waals surface area contributed by atoms with Crippen molar-refractivity contribution in [2.75, 3.05) is 25.5 Å². The number of piperidine rings is 1. The van der Waals surface area contributed by atoms with E-state index in [0.29, 0.717) is 37.4 Å². The monoisotopic (exact) mass is 406 g/mol. The van der Waals surface area contributed by atoms with E-state index in [1.807, 2.05) is 20.8 Å². The van der Waals surface area contributed by atoms with Gasteiger partial charge in [0.15, 0.2) is 6.10 Å². The third-order valence-electron chi connectivity index (χ3n) is 4.50. The molecule has 1 aromatic rings. The largest absolute Gasteiger partial charge is 0.497 e. The minimum absolute atomic E-state index is 0.343. The second kappa shape index (κ2) is 9.62. The van der Waals surface area contributed by atoms with Gasteiger partial charge in [-0.1, -0.05) is 0 Å². The quantitative estimate of drug-likeness (QED) is 0.755. The van der Waals surface area contributed by atoms with Crippen molar-refractivity contribution in [3.63, 3.8) is 0 Å². The predicted octanol–water partition coefficient (Wildman–Crippen LogP) is 3.21. The summed E-state index contributed by atoms with van der Waals surface area (Å²) in [6.45, 7) is 7.81. The molecule has 1 atom stereocenters. The highest BCUT2D eigenvalue weighted by Crippen LogP contribution is 2.22. The summed E-state index contributed by atoms with van der Waals surface area (Å²) in [5, 5.41) is 2.70. The van der Waals surface area contributed by atoms with E-state index in [9.17, 15) is 14.4 Å². The standard InChI is InChI=1S/C21H30N2O6/c1-14(18(24)22-16-6-8-17(27-5)9-7-16)28-19(25)15-10-12-23(13-11-15)20(26)29-21(2,3)4/h6-9,14-15H,10-13H2,1-5H3,(H,22,24)/t14-/m0/s1. The molecule has 0 spiro atoms. The van der Waals surface area contributed by atoms with Crippen LogP contribution in [-0.2, 0) is 19.1 Å². The summed E-state index contributed by atoms with van der Waals surface area (Å²) in [5.74, 6) is -0.494. The molecule has 1 aliphatic rings. The van der Waals surface area contributed by atoms with Gasteiger partial charge in [-0.25, -0.2) is 4.79 Å². The van der Waals surface area contributed by atoms with Crippen LogP contribution in [0.5, 0.6) is 5.75 Å². The van der Waals surface area contributed by atoms with Gasteiger partial charge in [-0.05, 0) is 64.8 Å². The lowest BCUT2D eigenvalue weighted by molar-refractivity contribution is -0.158. The molecule has 0 saturated carbocycles. The van der Waals surface area contributed by atoms with Gasteiger partial charge < -0.3 is 24.4 Å². The molecule has 1 heterocycles. The Bertz CT molecular complexity index is 718. The first-order valence-corrected chi connectivity index (χ1v) is 9.72. The van der Waals surface area contributed by atoms with Crippen LogP contribution in [0.4, 0.5) is 10.5 Å². The van der Waals surface area contributed by atoms with Crippen LogP contribution in [0.2, 0.25) is 0 Å². The van der Waals surface area contributed by atoms with Crippen molar-refractivity contribution < 1.29 is 28.6 Å². The highest BCUT2D eigenvalue weighted by molar-refractivity contribution is 5.95. The molecule has 1 fully saturated rings. The summed E-state index contributed by atoms with van der Waals surface area (Å²) in [5.41, 5.74) is 0.0314. The minimum Gasteiger partial charge on any atom is -0.497 e. The Balaban J connectivity index is 1.79. The maximum absolute atomic E-state index is 12.4. The molecule has 2 amide bonds. The molecule has 1 aromatic carbocycles. The summed E-state index contributed by atoms with van der Waals surface area (Å²) in [4.78, 5) is 38.4. The summed E-state index contributed by atoms with van der Waals surface area (Å²) in [6, 6.07) is 6.87. The van der Waals surface area contributed by atoms with Crippen molar-refractivity contribution in [2.24, 2.45) is 5.92 Å². The average Bonchev–Trinajstić information content (AvgIpc) is 2.67. The molecule has 2 rings (SSSR count). The van der Waals surface area contributed by atoms with E-state index >= 15 is 0 Å². The molecule has 160 valence electrons. The predicted molar refractivity (Wildman–Crippen MR) is 108 cm³/mol. The second-order valence-corrected chi connectivity index (χ2v) is 8.04. The number of ether oxygens (including phenoxy) is 3. The number of nitrogens with one attached hydrogen (secondary N) is 1. The van der Waals surface area contributed by atoms with Crippen LogP contribution < -0.4 is 10.1 Å². The van der Waals surface area contributed by atoms with Crippen molar-refractivity contribution in [3.05, 3.63) is 24.3 Å². The number of rotatable bonds is 5. The summed E-state index contributed by atoms with van der Waals surface area (Å²) in [7, 11) is 1.56. The maximum Gasteiger partial charge on any atom is 0.410 e. The second-order valence-electron chi connectivity index (χ2n) is 8.04. The van der Waals surface area contributed by atoms with Gasteiger partial charge >= 0.3 is 12.1 Å². The number of benzene rings is 1. The molecule has 29 heavy (non-hydrogen) atoms. The number of anilines is 1. The van der Waals surface area contributed by atoms with Gasteiger partial charge in [-0.15, -0.1) is 0 Å². The van der Waals surface area contributed by atoms with Gasteiger partial charge in [-0.3, -0.25) is 9.59 Å². The lowest BCUT2D eigenvalue weighted by Gasteiger charge is -2.32. The van der Waals surface area contributed by atoms with Crippen molar-refractivity contribution in [1.29, 1.82) is 0 Å². The molecule has 1 N–H and O–H groups in total. The lowest BCUT2D eigenvalue weighted by Crippen LogP contribution is -2.43. The van der Waals surface area contributed by atoms with E-state index in [1.165, 1.54) is 6.92 Å². The van der Waals surface area contributed by atoms with Crippen LogP contribution in [0.15, 0.2) is 24.3 Å². The first kappa shape index (κ1) is 22.5. The van der Waals surface area contributed by atoms with Crippen LogP contribution >= 0.6 is 0 Å². The number of amides is 2. The molecular weight excluding hydrogens is 376 g/mol. The molecule has 1 saturated heterocycles. The zero-order valence-electron chi connectivity index (χ0n) is 17.7. The number of carbonyl (C=O) groups excluding carboxylic acids is 3. The molecular formula is C21H30N2O6. The average molecular weight is 406 g/mol. The summed E-state index contributed by atoms with van der Waals surface area (Å²) in [6.07, 6.45) is -0.347. The molecule has 0 aliphatic carbocycles. The first-order valence-electron chi connectivity index (χ1n) is 9.72. The number of hydrogen-bond donors (Lipinski definition) is 1. The number of likely N-dealkylation sites (tertiary alicyclic amines) is 1. The molecule has 0 aromatic heterocycles. The van der Waals surface area contributed by atoms with E-state index in [4.69, 9.17) is 14.2 Å². The highest BCUT2D eigenvalue weighted by atomic mass is 16.6. The van der Waals surface area contributed by atoms with Gasteiger partial charge in [0.1, 0.15) is 11.4 Å². The summed E-state index contributed by atoms with van der Waals surface area (Å²) >= 11 is 0. The zero-order chi connectivity index (χ0) is 21.6. The fourth-order valence-corrected chi connectivity index (χ4v) is 2.87. The number of methoxy groups -OCH3 is 1. The number of hydrogen-bond acceptors (Lipinski definition) is 6. The normalized spacial score (nSPS) is 16.0. The minimum atomic E-state index is -0.923. The van der Waals surface area contributed by atoms with Crippen molar-refractivity contribution >= 4 is 23.7 Å². The zero-order valence-corrected chi connectivity index (χ0v) is 17.7. The van der Waals surface area contributed by atoms with E-state index in [2.05, 4.69) is 5.32 Å². The lowest BCUT2D eigenvalue weighted by atomic mass is 9.97. The Hall–Kier alpha value is -2.77. The Morgan fingerprint density at radius 2 is 1.69 bits per heavy atom. The van der Waals surface area contributed by atoms with Crippen LogP contribution in [0.25, 0.3) is 0 Å². The first-order chi connectivity index (χ1) is 13.6. The summed E-state index contributed by atoms with van der Waals surface area (Å²) < 4.78 is 15.8. The third-order valence-corrected chi connectivity index (χ3v) is 4.50. The van der Waals surface area contributed by atoms with Crippen molar-refractivity contribution in [1.82, 2.24) is 4.90 Å². The van der Waals surface area contributed by atoms with Crippen LogP contribution in [-0.4, -0.2) is 54.8 Å². The third kappa shape index (κ3) is 6.96. The SMILES string of the molecule is COc1ccc(NC(=O)[C@H](C)OC(=O)C2CCN(C(=O)OC(C)(C)C)CC2)cc1. The van der Waals surface area contributed by atoms with E-state index < -0.39 is 23.6 Å². The molecule has 1 aliphatic heterocycles. The fourth-order valence-electron chi connectivity index (χ4n) is 2.87. The number of esters is 1. The Labute approximate surface area is 171 Å². The number of nitrogens with zero attached hydrogens (tertiary/aromatic N) is 1. The van der Waals surface area contributed by atoms with Crippen molar-refractivity contribution in [2.45, 2.75) is 52.2 Å². The fraction of sp³-hybridized carbons (Fsp3) is 0.571. The number of carbonyl (C=O) groups is 3. The van der Waals surface area contributed by atoms with Crippen LogP contribution in [0.1, 0.15) is 40.5 Å². The van der Waals surface area contributed by atoms with Crippen molar-refractivity contribution in [3.8, 4) is 5.75 Å². The molecule has 0 bridgehead atoms. The maximum atomic E-state index is 12.4. The molecule has 0 radical (unpaired) electrons. The topological polar surface area (TPSA) is 94.2 Å².